The van der Waals surface area contributed by atoms with Crippen LogP contribution in [0, 0.1) is 6.92 Å². The minimum absolute atomic E-state index is 0.0696. The monoisotopic (exact) mass is 267 g/mol. The fourth-order valence-corrected chi connectivity index (χ4v) is 1.64. The molecule has 0 radical (unpaired) electrons. The normalized spacial score (nSPS) is 11.4. The van der Waals surface area contributed by atoms with Crippen molar-refractivity contribution in [2.45, 2.75) is 13.1 Å². The maximum atomic E-state index is 12.8. The van der Waals surface area contributed by atoms with Crippen LogP contribution in [0.1, 0.15) is 11.1 Å². The van der Waals surface area contributed by atoms with Gasteiger partial charge in [-0.15, -0.1) is 0 Å². The van der Waals surface area contributed by atoms with Gasteiger partial charge in [-0.05, 0) is 30.7 Å². The average molecular weight is 267 g/mol. The van der Waals surface area contributed by atoms with Crippen molar-refractivity contribution in [3.63, 3.8) is 0 Å². The second kappa shape index (κ2) is 4.79. The number of hydrogen-bond donors (Lipinski definition) is 2. The number of halogens is 3. The van der Waals surface area contributed by atoms with E-state index in [0.29, 0.717) is 5.69 Å². The predicted molar refractivity (Wildman–Crippen MR) is 68.1 cm³/mol. The number of alkyl halides is 3. The quantitative estimate of drug-likeness (QED) is 0.871. The van der Waals surface area contributed by atoms with Crippen molar-refractivity contribution in [1.82, 2.24) is 4.98 Å². The molecule has 2 aromatic rings. The van der Waals surface area contributed by atoms with E-state index in [0.717, 1.165) is 11.6 Å². The molecule has 0 aliphatic rings. The van der Waals surface area contributed by atoms with Crippen molar-refractivity contribution in [3.05, 3.63) is 47.7 Å². The van der Waals surface area contributed by atoms with Crippen LogP contribution in [0.25, 0.3) is 0 Å². The van der Waals surface area contributed by atoms with Gasteiger partial charge in [0.2, 0.25) is 0 Å². The highest BCUT2D eigenvalue weighted by Gasteiger charge is 2.33. The maximum absolute atomic E-state index is 12.8. The summed E-state index contributed by atoms with van der Waals surface area (Å²) in [6.07, 6.45) is -2.94. The lowest BCUT2D eigenvalue weighted by Crippen LogP contribution is -2.10. The molecule has 1 aromatic carbocycles. The van der Waals surface area contributed by atoms with Crippen LogP contribution < -0.4 is 11.1 Å². The summed E-state index contributed by atoms with van der Waals surface area (Å²) in [7, 11) is 0. The summed E-state index contributed by atoms with van der Waals surface area (Å²) in [6.45, 7) is 1.76. The third-order valence-corrected chi connectivity index (χ3v) is 2.69. The van der Waals surface area contributed by atoms with Crippen LogP contribution in [-0.2, 0) is 6.18 Å². The molecule has 0 atom stereocenters. The van der Waals surface area contributed by atoms with Gasteiger partial charge in [0, 0.05) is 6.20 Å². The van der Waals surface area contributed by atoms with Gasteiger partial charge in [0.05, 0.1) is 16.9 Å². The summed E-state index contributed by atoms with van der Waals surface area (Å²) in [5.41, 5.74) is 6.05. The van der Waals surface area contributed by atoms with Gasteiger partial charge in [-0.2, -0.15) is 13.2 Å². The number of hydrogen-bond acceptors (Lipinski definition) is 3. The van der Waals surface area contributed by atoms with Crippen molar-refractivity contribution < 1.29 is 13.2 Å². The summed E-state index contributed by atoms with van der Waals surface area (Å²) in [5, 5.41) is 2.63. The molecule has 0 unspecified atom stereocenters. The van der Waals surface area contributed by atoms with E-state index in [9.17, 15) is 13.2 Å². The number of nitrogens with two attached hydrogens (primary N) is 1. The Balaban J connectivity index is 2.42. The van der Waals surface area contributed by atoms with E-state index < -0.39 is 11.7 Å². The van der Waals surface area contributed by atoms with Crippen LogP contribution in [0.2, 0.25) is 0 Å². The van der Waals surface area contributed by atoms with Crippen LogP contribution in [0.5, 0.6) is 0 Å². The molecule has 6 heteroatoms. The standard InChI is InChI=1S/C13H12F3N3/c1-8-6-7-18-12(11(8)17)19-10-5-3-2-4-9(10)13(14,15)16/h2-7H,17H2,1H3,(H,18,19). The number of nitrogens with zero attached hydrogens (tertiary/aromatic N) is 1. The molecule has 1 heterocycles. The van der Waals surface area contributed by atoms with Crippen LogP contribution in [0.3, 0.4) is 0 Å². The number of rotatable bonds is 2. The molecule has 2 rings (SSSR count). The Labute approximate surface area is 108 Å². The zero-order chi connectivity index (χ0) is 14.0. The third-order valence-electron chi connectivity index (χ3n) is 2.69. The van der Waals surface area contributed by atoms with E-state index >= 15 is 0 Å². The van der Waals surface area contributed by atoms with Gasteiger partial charge in [0.1, 0.15) is 0 Å². The van der Waals surface area contributed by atoms with E-state index in [-0.39, 0.29) is 11.5 Å². The van der Waals surface area contributed by atoms with Crippen LogP contribution in [0.4, 0.5) is 30.4 Å². The molecular weight excluding hydrogens is 255 g/mol. The van der Waals surface area contributed by atoms with E-state index in [1.54, 1.807) is 13.0 Å². The van der Waals surface area contributed by atoms with E-state index in [1.165, 1.54) is 24.4 Å². The molecule has 0 amide bonds. The largest absolute Gasteiger partial charge is 0.418 e. The topological polar surface area (TPSA) is 50.9 Å². The van der Waals surface area contributed by atoms with E-state index in [2.05, 4.69) is 10.3 Å². The Morgan fingerprint density at radius 2 is 1.84 bits per heavy atom. The Bertz CT molecular complexity index is 594. The number of nitrogens with one attached hydrogen (secondary N) is 1. The van der Waals surface area contributed by atoms with Crippen molar-refractivity contribution in [2.24, 2.45) is 0 Å². The maximum Gasteiger partial charge on any atom is 0.418 e. The Hall–Kier alpha value is -2.24. The molecule has 1 aromatic heterocycles. The van der Waals surface area contributed by atoms with Gasteiger partial charge < -0.3 is 11.1 Å². The summed E-state index contributed by atoms with van der Waals surface area (Å²) >= 11 is 0. The third kappa shape index (κ3) is 2.78. The van der Waals surface area contributed by atoms with Crippen molar-refractivity contribution in [1.29, 1.82) is 0 Å². The van der Waals surface area contributed by atoms with Crippen LogP contribution >= 0.6 is 0 Å². The molecule has 3 nitrogen and oxygen atoms in total. The molecule has 0 bridgehead atoms. The minimum atomic E-state index is -4.43. The minimum Gasteiger partial charge on any atom is -0.396 e. The Morgan fingerprint density at radius 3 is 2.53 bits per heavy atom. The lowest BCUT2D eigenvalue weighted by molar-refractivity contribution is -0.136. The van der Waals surface area contributed by atoms with Gasteiger partial charge in [0.15, 0.2) is 5.82 Å². The highest BCUT2D eigenvalue weighted by atomic mass is 19.4. The molecule has 100 valence electrons. The molecule has 19 heavy (non-hydrogen) atoms. The number of nitrogen functional groups attached to an aromatic ring is 1. The first kappa shape index (κ1) is 13.2. The fourth-order valence-electron chi connectivity index (χ4n) is 1.64. The van der Waals surface area contributed by atoms with Crippen molar-refractivity contribution in [2.75, 3.05) is 11.1 Å². The fraction of sp³-hybridized carbons (Fsp3) is 0.154. The number of para-hydroxylation sites is 1. The second-order valence-electron chi connectivity index (χ2n) is 4.06. The van der Waals surface area contributed by atoms with Crippen molar-refractivity contribution in [3.8, 4) is 0 Å². The number of anilines is 3. The first-order chi connectivity index (χ1) is 8.89. The summed E-state index contributed by atoms with van der Waals surface area (Å²) < 4.78 is 38.5. The highest BCUT2D eigenvalue weighted by molar-refractivity contribution is 5.72. The summed E-state index contributed by atoms with van der Waals surface area (Å²) in [4.78, 5) is 3.95. The molecule has 0 aliphatic carbocycles. The highest BCUT2D eigenvalue weighted by Crippen LogP contribution is 2.36. The zero-order valence-electron chi connectivity index (χ0n) is 10.1. The van der Waals surface area contributed by atoms with Gasteiger partial charge in [-0.1, -0.05) is 12.1 Å². The molecule has 0 spiro atoms. The van der Waals surface area contributed by atoms with Gasteiger partial charge in [-0.25, -0.2) is 4.98 Å². The van der Waals surface area contributed by atoms with E-state index in [1.807, 2.05) is 0 Å². The molecule has 3 N–H and O–H groups in total. The van der Waals surface area contributed by atoms with Crippen LogP contribution in [0.15, 0.2) is 36.5 Å². The van der Waals surface area contributed by atoms with E-state index in [4.69, 9.17) is 5.73 Å². The van der Waals surface area contributed by atoms with Crippen LogP contribution in [-0.4, -0.2) is 4.98 Å². The lowest BCUT2D eigenvalue weighted by Gasteiger charge is -2.15. The zero-order valence-corrected chi connectivity index (χ0v) is 10.1. The first-order valence-electron chi connectivity index (χ1n) is 5.54. The summed E-state index contributed by atoms with van der Waals surface area (Å²) in [5.74, 6) is 0.219. The SMILES string of the molecule is Cc1ccnc(Nc2ccccc2C(F)(F)F)c1N. The Kier molecular flexibility index (Phi) is 3.33. The number of pyridine rings is 1. The van der Waals surface area contributed by atoms with Gasteiger partial charge >= 0.3 is 6.18 Å². The van der Waals surface area contributed by atoms with Gasteiger partial charge in [0.25, 0.3) is 0 Å². The average Bonchev–Trinajstić information content (AvgIpc) is 2.34. The molecule has 0 saturated heterocycles. The van der Waals surface area contributed by atoms with Gasteiger partial charge in [-0.3, -0.25) is 0 Å². The number of aryl methyl sites for hydroxylation is 1. The molecular formula is C13H12F3N3. The second-order valence-corrected chi connectivity index (χ2v) is 4.06. The first-order valence-corrected chi connectivity index (χ1v) is 5.54. The number of aromatic nitrogens is 1. The molecule has 0 saturated carbocycles. The summed E-state index contributed by atoms with van der Waals surface area (Å²) in [6, 6.07) is 6.89. The lowest BCUT2D eigenvalue weighted by atomic mass is 10.1. The predicted octanol–water partition coefficient (Wildman–Crippen LogP) is 3.73. The van der Waals surface area contributed by atoms with Crippen molar-refractivity contribution >= 4 is 17.2 Å². The molecule has 0 fully saturated rings. The molecule has 0 aliphatic heterocycles. The smallest absolute Gasteiger partial charge is 0.396 e. The Morgan fingerprint density at radius 1 is 1.16 bits per heavy atom. The number of benzene rings is 1.